The van der Waals surface area contributed by atoms with Crippen molar-refractivity contribution in [2.24, 2.45) is 0 Å². The zero-order valence-electron chi connectivity index (χ0n) is 14.6. The molecule has 0 bridgehead atoms. The van der Waals surface area contributed by atoms with Crippen molar-refractivity contribution in [3.63, 3.8) is 0 Å². The van der Waals surface area contributed by atoms with Crippen LogP contribution in [0.4, 0.5) is 0 Å². The minimum absolute atomic E-state index is 0.0143. The van der Waals surface area contributed by atoms with Crippen molar-refractivity contribution in [2.75, 3.05) is 14.1 Å². The van der Waals surface area contributed by atoms with Gasteiger partial charge >= 0.3 is 0 Å². The normalized spacial score (nSPS) is 13.9. The first-order valence-electron chi connectivity index (χ1n) is 7.38. The number of hydrogen-bond donors (Lipinski definition) is 1. The number of nitrogens with one attached hydrogen (secondary N) is 1. The van der Waals surface area contributed by atoms with Gasteiger partial charge in [0.25, 0.3) is 0 Å². The van der Waals surface area contributed by atoms with Gasteiger partial charge in [0.15, 0.2) is 0 Å². The fourth-order valence-electron chi connectivity index (χ4n) is 1.77. The molecule has 1 unspecified atom stereocenters. The van der Waals surface area contributed by atoms with Crippen molar-refractivity contribution in [3.05, 3.63) is 29.8 Å². The van der Waals surface area contributed by atoms with Crippen LogP contribution < -0.4 is 5.32 Å². The highest BCUT2D eigenvalue weighted by Crippen LogP contribution is 2.21. The van der Waals surface area contributed by atoms with Crippen molar-refractivity contribution in [3.8, 4) is 0 Å². The van der Waals surface area contributed by atoms with Crippen LogP contribution in [-0.2, 0) is 20.6 Å². The summed E-state index contributed by atoms with van der Waals surface area (Å²) in [4.78, 5) is 12.3. The number of hydrogen-bond acceptors (Lipinski definition) is 4. The van der Waals surface area contributed by atoms with Gasteiger partial charge in [-0.3, -0.25) is 4.79 Å². The summed E-state index contributed by atoms with van der Waals surface area (Å²) in [6, 6.07) is 6.85. The predicted molar refractivity (Wildman–Crippen MR) is 96.0 cm³/mol. The fourth-order valence-corrected chi connectivity index (χ4v) is 3.58. The lowest BCUT2D eigenvalue weighted by molar-refractivity contribution is -0.121. The van der Waals surface area contributed by atoms with Crippen LogP contribution in [0.15, 0.2) is 29.2 Å². The van der Waals surface area contributed by atoms with Gasteiger partial charge in [-0.2, -0.15) is 0 Å². The van der Waals surface area contributed by atoms with E-state index in [1.54, 1.807) is 18.2 Å². The third-order valence-electron chi connectivity index (χ3n) is 3.04. The summed E-state index contributed by atoms with van der Waals surface area (Å²) in [5, 5.41) is 2.74. The lowest BCUT2D eigenvalue weighted by atomic mass is 10.1. The number of sulfonamides is 1. The lowest BCUT2D eigenvalue weighted by Crippen LogP contribution is -2.44. The summed E-state index contributed by atoms with van der Waals surface area (Å²) in [5.41, 5.74) is 0.624. The molecule has 130 valence electrons. The van der Waals surface area contributed by atoms with E-state index >= 15 is 0 Å². The minimum atomic E-state index is -3.43. The van der Waals surface area contributed by atoms with E-state index in [9.17, 15) is 13.2 Å². The second kappa shape index (κ2) is 7.68. The summed E-state index contributed by atoms with van der Waals surface area (Å²) in [6.07, 6.45) is 0. The smallest absolute Gasteiger partial charge is 0.242 e. The summed E-state index contributed by atoms with van der Waals surface area (Å²) in [7, 11) is -0.414. The standard InChI is InChI=1S/C16H26N2O3S2/c1-12(15(19)17-16(2,3)4)22-11-13-8-7-9-14(10-13)23(20,21)18(5)6/h7-10,12H,11H2,1-6H3,(H,17,19). The predicted octanol–water partition coefficient (Wildman–Crippen LogP) is 2.47. The zero-order chi connectivity index (χ0) is 17.8. The molecule has 0 spiro atoms. The Bertz CT molecular complexity index is 650. The van der Waals surface area contributed by atoms with Gasteiger partial charge in [-0.15, -0.1) is 11.8 Å². The van der Waals surface area contributed by atoms with Crippen molar-refractivity contribution in [1.82, 2.24) is 9.62 Å². The molecule has 0 heterocycles. The highest BCUT2D eigenvalue weighted by atomic mass is 32.2. The molecule has 0 saturated carbocycles. The third-order valence-corrected chi connectivity index (χ3v) is 6.07. The third kappa shape index (κ3) is 6.16. The molecular formula is C16H26N2O3S2. The van der Waals surface area contributed by atoms with E-state index in [4.69, 9.17) is 0 Å². The van der Waals surface area contributed by atoms with Gasteiger partial charge in [-0.1, -0.05) is 12.1 Å². The molecule has 0 aliphatic carbocycles. The average molecular weight is 359 g/mol. The minimum Gasteiger partial charge on any atom is -0.351 e. The van der Waals surface area contributed by atoms with E-state index in [0.29, 0.717) is 5.75 Å². The van der Waals surface area contributed by atoms with Gasteiger partial charge in [-0.05, 0) is 45.4 Å². The maximum Gasteiger partial charge on any atom is 0.242 e. The summed E-state index contributed by atoms with van der Waals surface area (Å²) < 4.78 is 25.5. The lowest BCUT2D eigenvalue weighted by Gasteiger charge is -2.23. The Morgan fingerprint density at radius 1 is 1.30 bits per heavy atom. The number of rotatable bonds is 6. The highest BCUT2D eigenvalue weighted by Gasteiger charge is 2.20. The van der Waals surface area contributed by atoms with Crippen LogP contribution in [0.3, 0.4) is 0 Å². The Kier molecular flexibility index (Phi) is 6.68. The quantitative estimate of drug-likeness (QED) is 0.848. The Balaban J connectivity index is 2.75. The molecule has 1 amide bonds. The van der Waals surface area contributed by atoms with Crippen molar-refractivity contribution in [1.29, 1.82) is 0 Å². The van der Waals surface area contributed by atoms with Gasteiger partial charge in [0.05, 0.1) is 10.1 Å². The molecule has 1 aromatic carbocycles. The topological polar surface area (TPSA) is 66.5 Å². The van der Waals surface area contributed by atoms with Crippen molar-refractivity contribution in [2.45, 2.75) is 49.1 Å². The molecule has 1 aromatic rings. The summed E-state index contributed by atoms with van der Waals surface area (Å²) >= 11 is 1.49. The van der Waals surface area contributed by atoms with Crippen LogP contribution >= 0.6 is 11.8 Å². The molecule has 1 rings (SSSR count). The van der Waals surface area contributed by atoms with Crippen LogP contribution in [0.5, 0.6) is 0 Å². The molecule has 1 N–H and O–H groups in total. The van der Waals surface area contributed by atoms with Crippen LogP contribution in [-0.4, -0.2) is 43.5 Å². The molecule has 0 saturated heterocycles. The van der Waals surface area contributed by atoms with Gasteiger partial charge in [-0.25, -0.2) is 12.7 Å². The number of nitrogens with zero attached hydrogens (tertiary/aromatic N) is 1. The Labute approximate surface area is 143 Å². The number of benzene rings is 1. The highest BCUT2D eigenvalue weighted by molar-refractivity contribution is 7.99. The number of carbonyl (C=O) groups excluding carboxylic acids is 1. The molecule has 0 aliphatic heterocycles. The maximum absolute atomic E-state index is 12.1. The maximum atomic E-state index is 12.1. The molecular weight excluding hydrogens is 332 g/mol. The fraction of sp³-hybridized carbons (Fsp3) is 0.562. The Morgan fingerprint density at radius 2 is 1.91 bits per heavy atom. The number of amides is 1. The molecule has 7 heteroatoms. The second-order valence-electron chi connectivity index (χ2n) is 6.63. The van der Waals surface area contributed by atoms with Crippen molar-refractivity contribution < 1.29 is 13.2 Å². The van der Waals surface area contributed by atoms with Gasteiger partial charge in [0.2, 0.25) is 15.9 Å². The molecule has 23 heavy (non-hydrogen) atoms. The SMILES string of the molecule is CC(SCc1cccc(S(=O)(=O)N(C)C)c1)C(=O)NC(C)(C)C. The second-order valence-corrected chi connectivity index (χ2v) is 10.1. The van der Waals surface area contributed by atoms with Crippen LogP contribution in [0.1, 0.15) is 33.3 Å². The monoisotopic (exact) mass is 358 g/mol. The average Bonchev–Trinajstić information content (AvgIpc) is 2.43. The van der Waals surface area contributed by atoms with Gasteiger partial charge < -0.3 is 5.32 Å². The first kappa shape index (κ1) is 20.0. The first-order chi connectivity index (χ1) is 10.4. The zero-order valence-corrected chi connectivity index (χ0v) is 16.2. The summed E-state index contributed by atoms with van der Waals surface area (Å²) in [6.45, 7) is 7.68. The van der Waals surface area contributed by atoms with Gasteiger partial charge in [0, 0.05) is 25.4 Å². The summed E-state index contributed by atoms with van der Waals surface area (Å²) in [5.74, 6) is 0.565. The number of thioether (sulfide) groups is 1. The van der Waals surface area contributed by atoms with Crippen LogP contribution in [0.2, 0.25) is 0 Å². The van der Waals surface area contributed by atoms with E-state index in [2.05, 4.69) is 5.32 Å². The van der Waals surface area contributed by atoms with E-state index in [1.165, 1.54) is 30.2 Å². The van der Waals surface area contributed by atoms with E-state index < -0.39 is 10.0 Å². The number of carbonyl (C=O) groups is 1. The Morgan fingerprint density at radius 3 is 2.43 bits per heavy atom. The van der Waals surface area contributed by atoms with Crippen molar-refractivity contribution >= 4 is 27.7 Å². The molecule has 0 radical (unpaired) electrons. The van der Waals surface area contributed by atoms with Gasteiger partial charge in [0.1, 0.15) is 0 Å². The molecule has 0 aromatic heterocycles. The van der Waals surface area contributed by atoms with E-state index in [-0.39, 0.29) is 21.6 Å². The molecule has 0 aliphatic rings. The van der Waals surface area contributed by atoms with Crippen LogP contribution in [0, 0.1) is 0 Å². The molecule has 5 nitrogen and oxygen atoms in total. The van der Waals surface area contributed by atoms with E-state index in [0.717, 1.165) is 5.56 Å². The first-order valence-corrected chi connectivity index (χ1v) is 9.87. The van der Waals surface area contributed by atoms with Crippen LogP contribution in [0.25, 0.3) is 0 Å². The molecule has 1 atom stereocenters. The van der Waals surface area contributed by atoms with E-state index in [1.807, 2.05) is 33.8 Å². The largest absolute Gasteiger partial charge is 0.351 e. The Hall–Kier alpha value is -1.05. The molecule has 0 fully saturated rings.